The zero-order chi connectivity index (χ0) is 12.3. The van der Waals surface area contributed by atoms with Gasteiger partial charge in [0.25, 0.3) is 0 Å². The summed E-state index contributed by atoms with van der Waals surface area (Å²) in [4.78, 5) is 2.97. The molecule has 1 aliphatic carbocycles. The molecule has 0 aliphatic heterocycles. The summed E-state index contributed by atoms with van der Waals surface area (Å²) < 4.78 is 0. The van der Waals surface area contributed by atoms with Crippen molar-refractivity contribution >= 4 is 11.3 Å². The van der Waals surface area contributed by atoms with Gasteiger partial charge in [0, 0.05) is 16.3 Å². The van der Waals surface area contributed by atoms with Gasteiger partial charge in [-0.2, -0.15) is 0 Å². The largest absolute Gasteiger partial charge is 0.312 e. The highest BCUT2D eigenvalue weighted by Gasteiger charge is 2.17. The third-order valence-corrected chi connectivity index (χ3v) is 5.17. The van der Waals surface area contributed by atoms with Crippen molar-refractivity contribution < 1.29 is 0 Å². The van der Waals surface area contributed by atoms with E-state index in [1.807, 2.05) is 11.3 Å². The molecule has 1 N–H and O–H groups in total. The lowest BCUT2D eigenvalue weighted by Crippen LogP contribution is -2.20. The first-order valence-electron chi connectivity index (χ1n) is 6.85. The van der Waals surface area contributed by atoms with Gasteiger partial charge in [0.2, 0.25) is 0 Å². The summed E-state index contributed by atoms with van der Waals surface area (Å²) in [7, 11) is 0. The second-order valence-corrected chi connectivity index (χ2v) is 7.45. The molecule has 2 heteroatoms. The number of thiophene rings is 1. The Morgan fingerprint density at radius 2 is 2.06 bits per heavy atom. The zero-order valence-electron chi connectivity index (χ0n) is 11.4. The maximum absolute atomic E-state index is 3.58. The summed E-state index contributed by atoms with van der Waals surface area (Å²) in [6, 6.07) is 4.56. The highest BCUT2D eigenvalue weighted by atomic mass is 32.1. The minimum Gasteiger partial charge on any atom is -0.312 e. The molecule has 0 amide bonds. The van der Waals surface area contributed by atoms with E-state index in [1.54, 1.807) is 0 Å². The maximum Gasteiger partial charge on any atom is 0.0299 e. The van der Waals surface area contributed by atoms with Crippen molar-refractivity contribution in [3.05, 3.63) is 21.9 Å². The van der Waals surface area contributed by atoms with Crippen molar-refractivity contribution in [2.45, 2.75) is 58.4 Å². The molecule has 1 saturated carbocycles. The average molecular weight is 251 g/mol. The molecule has 17 heavy (non-hydrogen) atoms. The first-order valence-corrected chi connectivity index (χ1v) is 7.67. The summed E-state index contributed by atoms with van der Waals surface area (Å²) in [6.07, 6.45) is 5.77. The molecule has 1 fully saturated rings. The van der Waals surface area contributed by atoms with Crippen molar-refractivity contribution in [2.75, 3.05) is 6.54 Å². The molecule has 1 nitrogen and oxygen atoms in total. The second kappa shape index (κ2) is 5.53. The molecule has 0 saturated heterocycles. The lowest BCUT2D eigenvalue weighted by Gasteiger charge is -2.25. The monoisotopic (exact) mass is 251 g/mol. The summed E-state index contributed by atoms with van der Waals surface area (Å²) in [5.41, 5.74) is 0.300. The number of nitrogens with one attached hydrogen (secondary N) is 1. The Morgan fingerprint density at radius 1 is 1.29 bits per heavy atom. The summed E-state index contributed by atoms with van der Waals surface area (Å²) >= 11 is 1.96. The van der Waals surface area contributed by atoms with Gasteiger partial charge in [-0.25, -0.2) is 0 Å². The molecule has 1 aromatic rings. The Kier molecular flexibility index (Phi) is 4.26. The van der Waals surface area contributed by atoms with Gasteiger partial charge in [-0.15, -0.1) is 11.3 Å². The first kappa shape index (κ1) is 13.1. The van der Waals surface area contributed by atoms with E-state index in [9.17, 15) is 0 Å². The lowest BCUT2D eigenvalue weighted by molar-refractivity contribution is 0.292. The normalized spacial score (nSPS) is 17.1. The van der Waals surface area contributed by atoms with Crippen LogP contribution in [0.25, 0.3) is 0 Å². The predicted octanol–water partition coefficient (Wildman–Crippen LogP) is 4.33. The molecule has 96 valence electrons. The molecule has 0 bridgehead atoms. The number of hydrogen-bond donors (Lipinski definition) is 1. The van der Waals surface area contributed by atoms with Crippen molar-refractivity contribution in [2.24, 2.45) is 5.92 Å². The zero-order valence-corrected chi connectivity index (χ0v) is 12.2. The molecule has 0 spiro atoms. The summed E-state index contributed by atoms with van der Waals surface area (Å²) in [6.45, 7) is 9.09. The molecule has 1 heterocycles. The van der Waals surface area contributed by atoms with E-state index in [4.69, 9.17) is 0 Å². The van der Waals surface area contributed by atoms with Gasteiger partial charge in [-0.05, 0) is 36.4 Å². The van der Waals surface area contributed by atoms with Crippen LogP contribution in [0.4, 0.5) is 0 Å². The molecule has 0 aromatic carbocycles. The molecule has 2 rings (SSSR count). The summed E-state index contributed by atoms with van der Waals surface area (Å²) in [5.74, 6) is 1.02. The SMILES string of the molecule is CC(C)(C)c1ccc(CNCCC2CCC2)s1. The Labute approximate surface area is 110 Å². The Bertz CT molecular complexity index is 344. The van der Waals surface area contributed by atoms with Crippen LogP contribution in [-0.2, 0) is 12.0 Å². The van der Waals surface area contributed by atoms with Crippen molar-refractivity contribution in [1.82, 2.24) is 5.32 Å². The number of rotatable bonds is 5. The molecule has 0 radical (unpaired) electrons. The maximum atomic E-state index is 3.58. The Hall–Kier alpha value is -0.340. The molecule has 0 unspecified atom stereocenters. The highest BCUT2D eigenvalue weighted by molar-refractivity contribution is 7.12. The van der Waals surface area contributed by atoms with Gasteiger partial charge in [0.1, 0.15) is 0 Å². The molecule has 0 atom stereocenters. The van der Waals surface area contributed by atoms with Crippen LogP contribution in [-0.4, -0.2) is 6.54 Å². The van der Waals surface area contributed by atoms with Gasteiger partial charge < -0.3 is 5.32 Å². The van der Waals surface area contributed by atoms with Gasteiger partial charge in [0.05, 0.1) is 0 Å². The van der Waals surface area contributed by atoms with E-state index in [2.05, 4.69) is 38.2 Å². The van der Waals surface area contributed by atoms with Gasteiger partial charge >= 0.3 is 0 Å². The van der Waals surface area contributed by atoms with Gasteiger partial charge in [-0.3, -0.25) is 0 Å². The Balaban J connectivity index is 1.69. The topological polar surface area (TPSA) is 12.0 Å². The quantitative estimate of drug-likeness (QED) is 0.768. The van der Waals surface area contributed by atoms with Crippen LogP contribution in [0.15, 0.2) is 12.1 Å². The smallest absolute Gasteiger partial charge is 0.0299 e. The van der Waals surface area contributed by atoms with Crippen LogP contribution in [0.3, 0.4) is 0 Å². The highest BCUT2D eigenvalue weighted by Crippen LogP contribution is 2.30. The van der Waals surface area contributed by atoms with E-state index in [0.29, 0.717) is 5.41 Å². The third-order valence-electron chi connectivity index (χ3n) is 3.65. The molecule has 1 aromatic heterocycles. The lowest BCUT2D eigenvalue weighted by atomic mass is 9.83. The van der Waals surface area contributed by atoms with Crippen molar-refractivity contribution in [3.63, 3.8) is 0 Å². The van der Waals surface area contributed by atoms with Crippen LogP contribution in [0.5, 0.6) is 0 Å². The molecular formula is C15H25NS. The number of hydrogen-bond acceptors (Lipinski definition) is 2. The minimum absolute atomic E-state index is 0.300. The van der Waals surface area contributed by atoms with E-state index in [-0.39, 0.29) is 0 Å². The summed E-state index contributed by atoms with van der Waals surface area (Å²) in [5, 5.41) is 3.58. The van der Waals surface area contributed by atoms with Crippen LogP contribution in [0.2, 0.25) is 0 Å². The van der Waals surface area contributed by atoms with E-state index in [0.717, 1.165) is 12.5 Å². The fourth-order valence-electron chi connectivity index (χ4n) is 2.18. The van der Waals surface area contributed by atoms with Crippen LogP contribution in [0.1, 0.15) is 56.2 Å². The van der Waals surface area contributed by atoms with Crippen LogP contribution < -0.4 is 5.32 Å². The fraction of sp³-hybridized carbons (Fsp3) is 0.733. The van der Waals surface area contributed by atoms with E-state index >= 15 is 0 Å². The van der Waals surface area contributed by atoms with E-state index in [1.165, 1.54) is 42.0 Å². The minimum atomic E-state index is 0.300. The second-order valence-electron chi connectivity index (χ2n) is 6.28. The third kappa shape index (κ3) is 3.82. The van der Waals surface area contributed by atoms with Crippen LogP contribution in [0, 0.1) is 5.92 Å². The molecule has 1 aliphatic rings. The van der Waals surface area contributed by atoms with Gasteiger partial charge in [0.15, 0.2) is 0 Å². The fourth-order valence-corrected chi connectivity index (χ4v) is 3.21. The predicted molar refractivity (Wildman–Crippen MR) is 76.7 cm³/mol. The van der Waals surface area contributed by atoms with Crippen LogP contribution >= 0.6 is 11.3 Å². The average Bonchev–Trinajstić information content (AvgIpc) is 2.62. The standard InChI is InChI=1S/C15H25NS/c1-15(2,3)14-8-7-13(17-14)11-16-10-9-12-5-4-6-12/h7-8,12,16H,4-6,9-11H2,1-3H3. The van der Waals surface area contributed by atoms with Gasteiger partial charge in [-0.1, -0.05) is 40.0 Å². The van der Waals surface area contributed by atoms with Crippen molar-refractivity contribution in [3.8, 4) is 0 Å². The van der Waals surface area contributed by atoms with Crippen molar-refractivity contribution in [1.29, 1.82) is 0 Å². The first-order chi connectivity index (χ1) is 8.05. The molecular weight excluding hydrogens is 226 g/mol. The Morgan fingerprint density at radius 3 is 2.59 bits per heavy atom. The van der Waals surface area contributed by atoms with E-state index < -0.39 is 0 Å².